The Kier molecular flexibility index (Phi) is 10.6. The van der Waals surface area contributed by atoms with Gasteiger partial charge in [-0.25, -0.2) is 9.78 Å². The quantitative estimate of drug-likeness (QED) is 0.531. The van der Waals surface area contributed by atoms with Crippen LogP contribution in [0.15, 0.2) is 30.7 Å². The van der Waals surface area contributed by atoms with Gasteiger partial charge < -0.3 is 24.8 Å². The second-order valence-electron chi connectivity index (χ2n) is 9.87. The number of aromatic amines is 1. The number of carboxylic acids is 1. The van der Waals surface area contributed by atoms with Crippen LogP contribution < -0.4 is 0 Å². The molecule has 2 N–H and O–H groups in total. The largest absolute Gasteiger partial charge is 0.490 e. The number of carbonyl (C=O) groups excluding carboxylic acids is 3. The summed E-state index contributed by atoms with van der Waals surface area (Å²) in [6, 6.07) is 5.36. The molecule has 0 bridgehead atoms. The number of H-pyrrole nitrogens is 1. The highest BCUT2D eigenvalue weighted by atomic mass is 35.5. The van der Waals surface area contributed by atoms with Crippen molar-refractivity contribution >= 4 is 46.9 Å². The minimum absolute atomic E-state index is 0.0519. The number of likely N-dealkylation sites (tertiary alicyclic amines) is 2. The number of halogens is 5. The molecule has 0 radical (unpaired) electrons. The highest BCUT2D eigenvalue weighted by Gasteiger charge is 2.40. The molecular formula is C26H30Cl2F3N5O5. The van der Waals surface area contributed by atoms with Gasteiger partial charge in [-0.05, 0) is 37.0 Å². The number of aromatic nitrogens is 2. The van der Waals surface area contributed by atoms with Crippen molar-refractivity contribution in [1.82, 2.24) is 24.7 Å². The van der Waals surface area contributed by atoms with E-state index >= 15 is 0 Å². The van der Waals surface area contributed by atoms with Crippen molar-refractivity contribution in [2.24, 2.45) is 5.92 Å². The van der Waals surface area contributed by atoms with Crippen molar-refractivity contribution in [2.75, 3.05) is 33.2 Å². The van der Waals surface area contributed by atoms with Crippen LogP contribution in [-0.4, -0.2) is 98.9 Å². The molecule has 2 aliphatic heterocycles. The summed E-state index contributed by atoms with van der Waals surface area (Å²) in [4.78, 5) is 59.3. The van der Waals surface area contributed by atoms with Crippen LogP contribution >= 0.6 is 23.2 Å². The Labute approximate surface area is 244 Å². The van der Waals surface area contributed by atoms with Gasteiger partial charge in [0.2, 0.25) is 11.8 Å². The van der Waals surface area contributed by atoms with Crippen molar-refractivity contribution in [3.05, 3.63) is 52.0 Å². The summed E-state index contributed by atoms with van der Waals surface area (Å²) in [5.41, 5.74) is 1.29. The number of hydrogen-bond donors (Lipinski definition) is 2. The van der Waals surface area contributed by atoms with Gasteiger partial charge in [0.25, 0.3) is 5.91 Å². The third-order valence-corrected chi connectivity index (χ3v) is 8.07. The Balaban J connectivity index is 0.000000587. The van der Waals surface area contributed by atoms with Crippen molar-refractivity contribution < 1.29 is 37.5 Å². The number of piperidine rings is 2. The highest BCUT2D eigenvalue weighted by Crippen LogP contribution is 2.35. The van der Waals surface area contributed by atoms with Crippen molar-refractivity contribution in [3.8, 4) is 0 Å². The maximum Gasteiger partial charge on any atom is 0.490 e. The Hall–Kier alpha value is -3.32. The number of benzene rings is 1. The molecule has 1 aromatic carbocycles. The molecule has 0 saturated carbocycles. The summed E-state index contributed by atoms with van der Waals surface area (Å²) in [6.07, 6.45) is -0.0362. The summed E-state index contributed by atoms with van der Waals surface area (Å²) >= 11 is 12.5. The standard InChI is InChI=1S/C24H29Cl2N5O3.C2HF3O2/c1-15(32)30-8-5-16(6-9-30)23(33)31-10-7-22(29(2)24(34)21-12-27-14-28-21)18(13-31)17-3-4-19(25)20(26)11-17;3-2(4,5)1(6)7/h3-4,11-12,14,16,18,22H,5-10,13H2,1-2H3,(H,27,28);(H,6,7). The van der Waals surface area contributed by atoms with Gasteiger partial charge in [-0.1, -0.05) is 29.3 Å². The number of imidazole rings is 1. The third-order valence-electron chi connectivity index (χ3n) is 7.33. The molecule has 2 aliphatic rings. The molecule has 2 unspecified atom stereocenters. The van der Waals surface area contributed by atoms with E-state index in [0.717, 1.165) is 5.56 Å². The molecule has 15 heteroatoms. The van der Waals surface area contributed by atoms with E-state index in [2.05, 4.69) is 9.97 Å². The van der Waals surface area contributed by atoms with E-state index in [9.17, 15) is 27.6 Å². The molecule has 0 spiro atoms. The van der Waals surface area contributed by atoms with Crippen LogP contribution in [0.1, 0.15) is 48.2 Å². The average molecular weight is 620 g/mol. The molecule has 4 rings (SSSR count). The second kappa shape index (κ2) is 13.6. The van der Waals surface area contributed by atoms with Gasteiger partial charge in [-0.2, -0.15) is 13.2 Å². The first-order valence-corrected chi connectivity index (χ1v) is 13.5. The number of rotatable bonds is 4. The summed E-state index contributed by atoms with van der Waals surface area (Å²) in [5.74, 6) is -2.98. The van der Waals surface area contributed by atoms with Gasteiger partial charge in [0.15, 0.2) is 0 Å². The Morgan fingerprint density at radius 2 is 1.66 bits per heavy atom. The van der Waals surface area contributed by atoms with Crippen LogP contribution in [0.3, 0.4) is 0 Å². The average Bonchev–Trinajstić information content (AvgIpc) is 3.48. The molecule has 1 aromatic heterocycles. The number of carbonyl (C=O) groups is 4. The first kappa shape index (κ1) is 32.2. The van der Waals surface area contributed by atoms with Crippen LogP contribution in [0.25, 0.3) is 0 Å². The lowest BCUT2D eigenvalue weighted by Crippen LogP contribution is -2.53. The third kappa shape index (κ3) is 8.13. The normalized spacial score (nSPS) is 19.7. The fraction of sp³-hybridized carbons (Fsp3) is 0.500. The van der Waals surface area contributed by atoms with Gasteiger partial charge in [0.1, 0.15) is 5.69 Å². The second-order valence-corrected chi connectivity index (χ2v) is 10.7. The van der Waals surface area contributed by atoms with Crippen LogP contribution in [0.5, 0.6) is 0 Å². The van der Waals surface area contributed by atoms with E-state index in [1.165, 1.54) is 6.33 Å². The molecular weight excluding hydrogens is 590 g/mol. The van der Waals surface area contributed by atoms with Crippen molar-refractivity contribution in [3.63, 3.8) is 0 Å². The van der Waals surface area contributed by atoms with Crippen LogP contribution in [0, 0.1) is 5.92 Å². The minimum atomic E-state index is -5.08. The SMILES string of the molecule is CC(=O)N1CCC(C(=O)N2CCC(N(C)C(=O)c3c[nH]cn3)C(c3ccc(Cl)c(Cl)c3)C2)CC1.O=C(O)C(F)(F)F. The summed E-state index contributed by atoms with van der Waals surface area (Å²) in [5, 5.41) is 8.03. The number of nitrogens with zero attached hydrogens (tertiary/aromatic N) is 4. The van der Waals surface area contributed by atoms with Gasteiger partial charge in [0.05, 0.1) is 16.4 Å². The molecule has 0 aliphatic carbocycles. The number of amides is 3. The van der Waals surface area contributed by atoms with E-state index in [0.29, 0.717) is 61.2 Å². The van der Waals surface area contributed by atoms with Crippen molar-refractivity contribution in [1.29, 1.82) is 0 Å². The zero-order chi connectivity index (χ0) is 30.5. The number of hydrogen-bond acceptors (Lipinski definition) is 5. The number of carboxylic acid groups (broad SMARTS) is 1. The molecule has 3 amide bonds. The summed E-state index contributed by atoms with van der Waals surface area (Å²) < 4.78 is 31.7. The Morgan fingerprint density at radius 1 is 1.05 bits per heavy atom. The lowest BCUT2D eigenvalue weighted by atomic mass is 9.84. The maximum absolute atomic E-state index is 13.4. The van der Waals surface area contributed by atoms with E-state index < -0.39 is 12.1 Å². The lowest BCUT2D eigenvalue weighted by Gasteiger charge is -2.44. The van der Waals surface area contributed by atoms with E-state index in [1.54, 1.807) is 36.0 Å². The molecule has 2 aromatic rings. The summed E-state index contributed by atoms with van der Waals surface area (Å²) in [7, 11) is 1.78. The predicted molar refractivity (Wildman–Crippen MR) is 144 cm³/mol. The van der Waals surface area contributed by atoms with Gasteiger partial charge >= 0.3 is 12.1 Å². The smallest absolute Gasteiger partial charge is 0.475 e. The summed E-state index contributed by atoms with van der Waals surface area (Å²) in [6.45, 7) is 3.83. The number of aliphatic carboxylic acids is 1. The molecule has 3 heterocycles. The van der Waals surface area contributed by atoms with Crippen LogP contribution in [0.2, 0.25) is 10.0 Å². The van der Waals surface area contributed by atoms with Crippen LogP contribution in [-0.2, 0) is 14.4 Å². The number of likely N-dealkylation sites (N-methyl/N-ethyl adjacent to an activating group) is 1. The zero-order valence-corrected chi connectivity index (χ0v) is 23.8. The van der Waals surface area contributed by atoms with Crippen molar-refractivity contribution in [2.45, 2.75) is 44.3 Å². The molecule has 2 saturated heterocycles. The highest BCUT2D eigenvalue weighted by molar-refractivity contribution is 6.42. The van der Waals surface area contributed by atoms with E-state index in [1.807, 2.05) is 17.0 Å². The molecule has 2 fully saturated rings. The zero-order valence-electron chi connectivity index (χ0n) is 22.3. The van der Waals surface area contributed by atoms with E-state index in [4.69, 9.17) is 33.1 Å². The first-order valence-electron chi connectivity index (χ1n) is 12.8. The number of nitrogens with one attached hydrogen (secondary N) is 1. The Bertz CT molecular complexity index is 1250. The topological polar surface area (TPSA) is 127 Å². The molecule has 224 valence electrons. The fourth-order valence-electron chi connectivity index (χ4n) is 5.08. The van der Waals surface area contributed by atoms with Gasteiger partial charge in [0, 0.05) is 64.2 Å². The van der Waals surface area contributed by atoms with E-state index in [-0.39, 0.29) is 35.6 Å². The fourth-order valence-corrected chi connectivity index (χ4v) is 5.39. The van der Waals surface area contributed by atoms with Gasteiger partial charge in [-0.3, -0.25) is 14.4 Å². The van der Waals surface area contributed by atoms with Gasteiger partial charge in [-0.15, -0.1) is 0 Å². The predicted octanol–water partition coefficient (Wildman–Crippen LogP) is 4.07. The molecule has 41 heavy (non-hydrogen) atoms. The molecule has 10 nitrogen and oxygen atoms in total. The Morgan fingerprint density at radius 3 is 2.17 bits per heavy atom. The minimum Gasteiger partial charge on any atom is -0.475 e. The number of alkyl halides is 3. The monoisotopic (exact) mass is 619 g/mol. The van der Waals surface area contributed by atoms with Crippen LogP contribution in [0.4, 0.5) is 13.2 Å². The lowest BCUT2D eigenvalue weighted by molar-refractivity contribution is -0.192. The molecule has 2 atom stereocenters. The first-order chi connectivity index (χ1) is 19.2. The maximum atomic E-state index is 13.4.